The molecule has 1 N–H and O–H groups in total. The molecule has 0 fully saturated rings. The summed E-state index contributed by atoms with van der Waals surface area (Å²) in [5.41, 5.74) is 0.859. The molecule has 28 heavy (non-hydrogen) atoms. The van der Waals surface area contributed by atoms with E-state index in [0.717, 1.165) is 10.6 Å². The molecule has 0 aromatic heterocycles. The Kier molecular flexibility index (Phi) is 5.64. The first-order valence-electron chi connectivity index (χ1n) is 8.63. The van der Waals surface area contributed by atoms with Crippen LogP contribution < -0.4 is 23.8 Å². The standard InChI is InChI=1S/C19H22N2O6S/c1-13(19(22)20-14-4-7-16(25-2)8-5-14)21(28(3,23)24)15-6-9-17-18(12-15)27-11-10-26-17/h4-9,12-13H,10-11H2,1-3H3,(H,20,22)/t13-/m1/s1. The Morgan fingerprint density at radius 1 is 1.11 bits per heavy atom. The van der Waals surface area contributed by atoms with Gasteiger partial charge in [0.05, 0.1) is 19.1 Å². The van der Waals surface area contributed by atoms with Gasteiger partial charge in [0.25, 0.3) is 0 Å². The van der Waals surface area contributed by atoms with Gasteiger partial charge in [0.1, 0.15) is 25.0 Å². The number of ether oxygens (including phenoxy) is 3. The molecule has 1 amide bonds. The van der Waals surface area contributed by atoms with Crippen LogP contribution in [-0.4, -0.2) is 46.9 Å². The third kappa shape index (κ3) is 4.30. The first kappa shape index (κ1) is 19.8. The number of hydrogen-bond acceptors (Lipinski definition) is 6. The minimum atomic E-state index is -3.74. The summed E-state index contributed by atoms with van der Waals surface area (Å²) in [7, 11) is -2.19. The molecule has 1 heterocycles. The third-order valence-electron chi connectivity index (χ3n) is 4.23. The molecular weight excluding hydrogens is 384 g/mol. The number of benzene rings is 2. The highest BCUT2D eigenvalue weighted by atomic mass is 32.2. The van der Waals surface area contributed by atoms with Crippen LogP contribution in [0.25, 0.3) is 0 Å². The van der Waals surface area contributed by atoms with Crippen molar-refractivity contribution in [2.45, 2.75) is 13.0 Å². The fourth-order valence-corrected chi connectivity index (χ4v) is 4.07. The highest BCUT2D eigenvalue weighted by Gasteiger charge is 2.30. The van der Waals surface area contributed by atoms with Crippen molar-refractivity contribution >= 4 is 27.3 Å². The molecule has 9 heteroatoms. The number of carbonyl (C=O) groups excluding carboxylic acids is 1. The van der Waals surface area contributed by atoms with Gasteiger partial charge in [-0.1, -0.05) is 0 Å². The number of amides is 1. The van der Waals surface area contributed by atoms with Crippen LogP contribution in [0.1, 0.15) is 6.92 Å². The topological polar surface area (TPSA) is 94.2 Å². The van der Waals surface area contributed by atoms with E-state index in [9.17, 15) is 13.2 Å². The van der Waals surface area contributed by atoms with E-state index in [1.165, 1.54) is 6.92 Å². The summed E-state index contributed by atoms with van der Waals surface area (Å²) in [5, 5.41) is 2.72. The first-order chi connectivity index (χ1) is 13.3. The van der Waals surface area contributed by atoms with Crippen LogP contribution in [-0.2, 0) is 14.8 Å². The molecule has 0 radical (unpaired) electrons. The molecule has 0 saturated carbocycles. The Morgan fingerprint density at radius 3 is 2.36 bits per heavy atom. The van der Waals surface area contributed by atoms with Gasteiger partial charge in [-0.15, -0.1) is 0 Å². The molecule has 0 saturated heterocycles. The first-order valence-corrected chi connectivity index (χ1v) is 10.5. The van der Waals surface area contributed by atoms with Crippen LogP contribution in [0.5, 0.6) is 17.2 Å². The molecule has 1 aliphatic rings. The van der Waals surface area contributed by atoms with Crippen molar-refractivity contribution in [3.8, 4) is 17.2 Å². The monoisotopic (exact) mass is 406 g/mol. The average Bonchev–Trinajstić information content (AvgIpc) is 2.67. The molecule has 0 spiro atoms. The van der Waals surface area contributed by atoms with Crippen molar-refractivity contribution < 1.29 is 27.4 Å². The van der Waals surface area contributed by atoms with E-state index < -0.39 is 22.0 Å². The van der Waals surface area contributed by atoms with Crippen LogP contribution in [0.3, 0.4) is 0 Å². The second-order valence-corrected chi connectivity index (χ2v) is 8.14. The van der Waals surface area contributed by atoms with Crippen molar-refractivity contribution in [1.29, 1.82) is 0 Å². The fourth-order valence-electron chi connectivity index (χ4n) is 2.90. The molecule has 1 atom stereocenters. The lowest BCUT2D eigenvalue weighted by Gasteiger charge is -2.29. The fraction of sp³-hybridized carbons (Fsp3) is 0.316. The zero-order valence-corrected chi connectivity index (χ0v) is 16.7. The Balaban J connectivity index is 1.85. The van der Waals surface area contributed by atoms with E-state index in [0.29, 0.717) is 41.8 Å². The molecule has 150 valence electrons. The summed E-state index contributed by atoms with van der Waals surface area (Å²) in [6.45, 7) is 2.34. The highest BCUT2D eigenvalue weighted by molar-refractivity contribution is 7.92. The third-order valence-corrected chi connectivity index (χ3v) is 5.47. The van der Waals surface area contributed by atoms with Crippen LogP contribution in [0, 0.1) is 0 Å². The summed E-state index contributed by atoms with van der Waals surface area (Å²) in [6, 6.07) is 10.6. The van der Waals surface area contributed by atoms with Gasteiger partial charge >= 0.3 is 0 Å². The Morgan fingerprint density at radius 2 is 1.75 bits per heavy atom. The lowest BCUT2D eigenvalue weighted by molar-refractivity contribution is -0.116. The minimum absolute atomic E-state index is 0.323. The average molecular weight is 406 g/mol. The van der Waals surface area contributed by atoms with Gasteiger partial charge in [0.2, 0.25) is 15.9 Å². The summed E-state index contributed by atoms with van der Waals surface area (Å²) in [5.74, 6) is 1.17. The number of fused-ring (bicyclic) bond motifs is 1. The van der Waals surface area contributed by atoms with Crippen LogP contribution in [0.15, 0.2) is 42.5 Å². The number of nitrogens with one attached hydrogen (secondary N) is 1. The second-order valence-electron chi connectivity index (χ2n) is 6.28. The lowest BCUT2D eigenvalue weighted by atomic mass is 10.2. The number of hydrogen-bond donors (Lipinski definition) is 1. The molecule has 8 nitrogen and oxygen atoms in total. The maximum Gasteiger partial charge on any atom is 0.247 e. The molecule has 2 aromatic carbocycles. The van der Waals surface area contributed by atoms with Crippen molar-refractivity contribution in [3.05, 3.63) is 42.5 Å². The smallest absolute Gasteiger partial charge is 0.247 e. The summed E-state index contributed by atoms with van der Waals surface area (Å²) in [6.07, 6.45) is 1.06. The molecule has 0 bridgehead atoms. The van der Waals surface area contributed by atoms with Crippen molar-refractivity contribution in [2.75, 3.05) is 36.2 Å². The number of nitrogens with zero attached hydrogens (tertiary/aromatic N) is 1. The molecule has 2 aromatic rings. The Bertz CT molecular complexity index is 959. The Labute approximate surface area is 164 Å². The molecule has 0 unspecified atom stereocenters. The number of sulfonamides is 1. The van der Waals surface area contributed by atoms with Crippen LogP contribution in [0.2, 0.25) is 0 Å². The van der Waals surface area contributed by atoms with E-state index >= 15 is 0 Å². The summed E-state index contributed by atoms with van der Waals surface area (Å²) < 4.78 is 42.0. The predicted molar refractivity (Wildman–Crippen MR) is 106 cm³/mol. The van der Waals surface area contributed by atoms with Gasteiger partial charge in [-0.05, 0) is 43.3 Å². The molecule has 1 aliphatic heterocycles. The van der Waals surface area contributed by atoms with Crippen molar-refractivity contribution in [3.63, 3.8) is 0 Å². The number of anilines is 2. The minimum Gasteiger partial charge on any atom is -0.497 e. The lowest BCUT2D eigenvalue weighted by Crippen LogP contribution is -2.45. The summed E-state index contributed by atoms with van der Waals surface area (Å²) in [4.78, 5) is 12.7. The maximum atomic E-state index is 12.7. The maximum absolute atomic E-state index is 12.7. The van der Waals surface area contributed by atoms with Gasteiger partial charge < -0.3 is 19.5 Å². The van der Waals surface area contributed by atoms with Gasteiger partial charge in [0, 0.05) is 11.8 Å². The number of rotatable bonds is 6. The van der Waals surface area contributed by atoms with Crippen molar-refractivity contribution in [2.24, 2.45) is 0 Å². The molecule has 3 rings (SSSR count). The highest BCUT2D eigenvalue weighted by Crippen LogP contribution is 2.35. The van der Waals surface area contributed by atoms with Gasteiger partial charge in [-0.2, -0.15) is 0 Å². The molecule has 0 aliphatic carbocycles. The van der Waals surface area contributed by atoms with Gasteiger partial charge in [-0.25, -0.2) is 8.42 Å². The normalized spacial score (nSPS) is 14.1. The van der Waals surface area contributed by atoms with Gasteiger partial charge in [-0.3, -0.25) is 9.10 Å². The van der Waals surface area contributed by atoms with Crippen LogP contribution >= 0.6 is 0 Å². The predicted octanol–water partition coefficient (Wildman–Crippen LogP) is 2.26. The van der Waals surface area contributed by atoms with E-state index in [2.05, 4.69) is 5.32 Å². The SMILES string of the molecule is COc1ccc(NC(=O)[C@@H](C)N(c2ccc3c(c2)OCCO3)S(C)(=O)=O)cc1. The quantitative estimate of drug-likeness (QED) is 0.791. The van der Waals surface area contributed by atoms with E-state index in [1.54, 1.807) is 49.6 Å². The Hall–Kier alpha value is -2.94. The second kappa shape index (κ2) is 7.97. The zero-order valence-electron chi connectivity index (χ0n) is 15.8. The van der Waals surface area contributed by atoms with E-state index in [4.69, 9.17) is 14.2 Å². The zero-order chi connectivity index (χ0) is 20.3. The summed E-state index contributed by atoms with van der Waals surface area (Å²) >= 11 is 0. The van der Waals surface area contributed by atoms with Gasteiger partial charge in [0.15, 0.2) is 11.5 Å². The number of methoxy groups -OCH3 is 1. The van der Waals surface area contributed by atoms with E-state index in [-0.39, 0.29) is 0 Å². The van der Waals surface area contributed by atoms with E-state index in [1.807, 2.05) is 0 Å². The molecular formula is C19H22N2O6S. The van der Waals surface area contributed by atoms with Crippen molar-refractivity contribution in [1.82, 2.24) is 0 Å². The number of carbonyl (C=O) groups is 1. The largest absolute Gasteiger partial charge is 0.497 e. The van der Waals surface area contributed by atoms with Crippen LogP contribution in [0.4, 0.5) is 11.4 Å².